The minimum Gasteiger partial charge on any atom is -0.466 e. The summed E-state index contributed by atoms with van der Waals surface area (Å²) < 4.78 is 5.48. The van der Waals surface area contributed by atoms with Gasteiger partial charge in [0, 0.05) is 31.6 Å². The predicted octanol–water partition coefficient (Wildman–Crippen LogP) is 1.17. The summed E-state index contributed by atoms with van der Waals surface area (Å²) in [7, 11) is 0. The number of carbonyl (C=O) groups is 2. The lowest BCUT2D eigenvalue weighted by atomic mass is 10.1. The molecule has 1 aliphatic heterocycles. The summed E-state index contributed by atoms with van der Waals surface area (Å²) in [5.41, 5.74) is 1.53. The van der Waals surface area contributed by atoms with Crippen LogP contribution in [0.15, 0.2) is 4.42 Å². The molecule has 2 heterocycles. The molecule has 0 aliphatic carbocycles. The Hall–Kier alpha value is -1.78. The van der Waals surface area contributed by atoms with E-state index in [9.17, 15) is 9.59 Å². The van der Waals surface area contributed by atoms with Gasteiger partial charge >= 0.3 is 0 Å². The molecule has 5 heteroatoms. The summed E-state index contributed by atoms with van der Waals surface area (Å²) in [6.07, 6.45) is 0.362. The van der Waals surface area contributed by atoms with Crippen LogP contribution in [-0.2, 0) is 4.79 Å². The number of rotatable bonds is 1. The van der Waals surface area contributed by atoms with Crippen LogP contribution < -0.4 is 5.32 Å². The Bertz CT molecular complexity index is 491. The SMILES string of the molecule is Cc1oc(C)c(C(=O)N2CCNC(=O)CC2)c1C. The largest absolute Gasteiger partial charge is 0.466 e. The summed E-state index contributed by atoms with van der Waals surface area (Å²) in [6, 6.07) is 0. The lowest BCUT2D eigenvalue weighted by Crippen LogP contribution is -2.34. The summed E-state index contributed by atoms with van der Waals surface area (Å²) in [5.74, 6) is 1.39. The van der Waals surface area contributed by atoms with Crippen molar-refractivity contribution in [3.8, 4) is 0 Å². The van der Waals surface area contributed by atoms with Crippen molar-refractivity contribution < 1.29 is 14.0 Å². The highest BCUT2D eigenvalue weighted by Crippen LogP contribution is 2.22. The second-order valence-corrected chi connectivity index (χ2v) is 4.61. The topological polar surface area (TPSA) is 62.6 Å². The van der Waals surface area contributed by atoms with Crippen molar-refractivity contribution in [2.75, 3.05) is 19.6 Å². The highest BCUT2D eigenvalue weighted by Gasteiger charge is 2.25. The van der Waals surface area contributed by atoms with Gasteiger partial charge in [0.25, 0.3) is 5.91 Å². The van der Waals surface area contributed by atoms with Crippen molar-refractivity contribution in [1.29, 1.82) is 0 Å². The van der Waals surface area contributed by atoms with E-state index in [1.54, 1.807) is 11.8 Å². The Kier molecular flexibility index (Phi) is 3.41. The van der Waals surface area contributed by atoms with Crippen molar-refractivity contribution in [1.82, 2.24) is 10.2 Å². The number of furan rings is 1. The first-order chi connectivity index (χ1) is 8.50. The average Bonchev–Trinajstić information content (AvgIpc) is 2.51. The van der Waals surface area contributed by atoms with Gasteiger partial charge in [-0.15, -0.1) is 0 Å². The molecule has 1 fully saturated rings. The molecule has 0 atom stereocenters. The second-order valence-electron chi connectivity index (χ2n) is 4.61. The fourth-order valence-electron chi connectivity index (χ4n) is 2.24. The maximum atomic E-state index is 12.4. The van der Waals surface area contributed by atoms with Crippen LogP contribution in [0.3, 0.4) is 0 Å². The Morgan fingerprint density at radius 2 is 1.94 bits per heavy atom. The quantitative estimate of drug-likeness (QED) is 0.813. The molecule has 98 valence electrons. The maximum absolute atomic E-state index is 12.4. The molecule has 0 radical (unpaired) electrons. The van der Waals surface area contributed by atoms with E-state index in [1.165, 1.54) is 0 Å². The summed E-state index contributed by atoms with van der Waals surface area (Å²) in [5, 5.41) is 2.76. The standard InChI is InChI=1S/C13H18N2O3/c1-8-9(2)18-10(3)12(8)13(17)15-6-4-11(16)14-5-7-15/h4-7H2,1-3H3,(H,14,16). The molecule has 1 aromatic heterocycles. The first-order valence-corrected chi connectivity index (χ1v) is 6.13. The van der Waals surface area contributed by atoms with Crippen LogP contribution in [0, 0.1) is 20.8 Å². The molecule has 0 unspecified atom stereocenters. The number of hydrogen-bond donors (Lipinski definition) is 1. The maximum Gasteiger partial charge on any atom is 0.257 e. The van der Waals surface area contributed by atoms with Crippen LogP contribution in [0.5, 0.6) is 0 Å². The molecule has 18 heavy (non-hydrogen) atoms. The zero-order valence-corrected chi connectivity index (χ0v) is 11.0. The van der Waals surface area contributed by atoms with Crippen molar-refractivity contribution in [3.63, 3.8) is 0 Å². The highest BCUT2D eigenvalue weighted by atomic mass is 16.3. The summed E-state index contributed by atoms with van der Waals surface area (Å²) >= 11 is 0. The van der Waals surface area contributed by atoms with Crippen LogP contribution in [0.4, 0.5) is 0 Å². The number of hydrogen-bond acceptors (Lipinski definition) is 3. The number of aryl methyl sites for hydroxylation is 2. The van der Waals surface area contributed by atoms with E-state index in [-0.39, 0.29) is 11.8 Å². The predicted molar refractivity (Wildman–Crippen MR) is 66.4 cm³/mol. The van der Waals surface area contributed by atoms with Gasteiger partial charge in [-0.2, -0.15) is 0 Å². The molecule has 2 amide bonds. The van der Waals surface area contributed by atoms with Crippen molar-refractivity contribution in [2.24, 2.45) is 0 Å². The molecule has 1 saturated heterocycles. The molecule has 0 spiro atoms. The van der Waals surface area contributed by atoms with Crippen LogP contribution in [0.25, 0.3) is 0 Å². The van der Waals surface area contributed by atoms with E-state index in [1.807, 2.05) is 13.8 Å². The zero-order chi connectivity index (χ0) is 13.3. The van der Waals surface area contributed by atoms with E-state index >= 15 is 0 Å². The molecule has 0 saturated carbocycles. The fraction of sp³-hybridized carbons (Fsp3) is 0.538. The van der Waals surface area contributed by atoms with Gasteiger partial charge in [0.2, 0.25) is 5.91 Å². The molecule has 0 aromatic carbocycles. The monoisotopic (exact) mass is 250 g/mol. The van der Waals surface area contributed by atoms with Crippen molar-refractivity contribution >= 4 is 11.8 Å². The van der Waals surface area contributed by atoms with Gasteiger partial charge in [-0.3, -0.25) is 9.59 Å². The Morgan fingerprint density at radius 1 is 1.22 bits per heavy atom. The van der Waals surface area contributed by atoms with Crippen LogP contribution in [0.1, 0.15) is 33.9 Å². The normalized spacial score (nSPS) is 16.4. The van der Waals surface area contributed by atoms with Gasteiger partial charge in [-0.1, -0.05) is 0 Å². The smallest absolute Gasteiger partial charge is 0.257 e. The van der Waals surface area contributed by atoms with E-state index in [0.29, 0.717) is 37.4 Å². The van der Waals surface area contributed by atoms with Gasteiger partial charge in [0.1, 0.15) is 11.5 Å². The van der Waals surface area contributed by atoms with Crippen LogP contribution in [0.2, 0.25) is 0 Å². The Labute approximate surface area is 106 Å². The number of nitrogens with zero attached hydrogens (tertiary/aromatic N) is 1. The van der Waals surface area contributed by atoms with Gasteiger partial charge in [0.15, 0.2) is 0 Å². The molecule has 1 aromatic rings. The van der Waals surface area contributed by atoms with Gasteiger partial charge < -0.3 is 14.6 Å². The second kappa shape index (κ2) is 4.84. The molecule has 2 rings (SSSR count). The minimum atomic E-state index is -0.0432. The van der Waals surface area contributed by atoms with E-state index < -0.39 is 0 Å². The van der Waals surface area contributed by atoms with Crippen LogP contribution >= 0.6 is 0 Å². The third-order valence-corrected chi connectivity index (χ3v) is 3.38. The Balaban J connectivity index is 2.22. The number of nitrogens with one attached hydrogen (secondary N) is 1. The van der Waals surface area contributed by atoms with Gasteiger partial charge in [-0.05, 0) is 20.8 Å². The van der Waals surface area contributed by atoms with E-state index in [0.717, 1.165) is 11.3 Å². The first-order valence-electron chi connectivity index (χ1n) is 6.13. The lowest BCUT2D eigenvalue weighted by Gasteiger charge is -2.19. The third kappa shape index (κ3) is 2.25. The summed E-state index contributed by atoms with van der Waals surface area (Å²) in [4.78, 5) is 25.4. The zero-order valence-electron chi connectivity index (χ0n) is 11.0. The van der Waals surface area contributed by atoms with Gasteiger partial charge in [0.05, 0.1) is 5.56 Å². The van der Waals surface area contributed by atoms with E-state index in [2.05, 4.69) is 5.32 Å². The minimum absolute atomic E-state index is 0.00196. The Morgan fingerprint density at radius 3 is 2.56 bits per heavy atom. The third-order valence-electron chi connectivity index (χ3n) is 3.38. The van der Waals surface area contributed by atoms with Crippen LogP contribution in [-0.4, -0.2) is 36.3 Å². The molecule has 1 aliphatic rings. The lowest BCUT2D eigenvalue weighted by molar-refractivity contribution is -0.120. The first kappa shape index (κ1) is 12.7. The molecule has 1 N–H and O–H groups in total. The van der Waals surface area contributed by atoms with E-state index in [4.69, 9.17) is 4.42 Å². The molecular weight excluding hydrogens is 232 g/mol. The fourth-order valence-corrected chi connectivity index (χ4v) is 2.24. The number of amides is 2. The average molecular weight is 250 g/mol. The highest BCUT2D eigenvalue weighted by molar-refractivity contribution is 5.97. The molecular formula is C13H18N2O3. The van der Waals surface area contributed by atoms with Gasteiger partial charge in [-0.25, -0.2) is 0 Å². The molecule has 5 nitrogen and oxygen atoms in total. The van der Waals surface area contributed by atoms with Crippen molar-refractivity contribution in [3.05, 3.63) is 22.6 Å². The van der Waals surface area contributed by atoms with Crippen molar-refractivity contribution in [2.45, 2.75) is 27.2 Å². The number of carbonyl (C=O) groups excluding carboxylic acids is 2. The molecule has 0 bridgehead atoms. The summed E-state index contributed by atoms with van der Waals surface area (Å²) in [6.45, 7) is 7.07.